The maximum absolute atomic E-state index is 9.10. The summed E-state index contributed by atoms with van der Waals surface area (Å²) in [5.74, 6) is 1.68. The first-order valence-electron chi connectivity index (χ1n) is 7.13. The summed E-state index contributed by atoms with van der Waals surface area (Å²) in [4.78, 5) is 4.70. The highest BCUT2D eigenvalue weighted by Crippen LogP contribution is 2.34. The third kappa shape index (κ3) is 2.89. The van der Waals surface area contributed by atoms with Crippen LogP contribution in [0, 0.1) is 11.3 Å². The summed E-state index contributed by atoms with van der Waals surface area (Å²) in [6.45, 7) is 8.60. The lowest BCUT2D eigenvalue weighted by molar-refractivity contribution is 0.739. The van der Waals surface area contributed by atoms with Crippen molar-refractivity contribution in [1.82, 2.24) is 9.55 Å². The van der Waals surface area contributed by atoms with Gasteiger partial charge in [0.2, 0.25) is 0 Å². The Bertz CT molecular complexity index is 706. The third-order valence-corrected chi connectivity index (χ3v) is 4.27. The molecule has 1 aromatic carbocycles. The van der Waals surface area contributed by atoms with Gasteiger partial charge in [-0.15, -0.1) is 0 Å². The van der Waals surface area contributed by atoms with Gasteiger partial charge in [-0.25, -0.2) is 4.98 Å². The van der Waals surface area contributed by atoms with E-state index in [1.807, 2.05) is 25.2 Å². The number of hydrogen-bond acceptors (Lipinski definition) is 2. The van der Waals surface area contributed by atoms with Crippen molar-refractivity contribution in [2.45, 2.75) is 39.5 Å². The van der Waals surface area contributed by atoms with Crippen LogP contribution in [-0.2, 0) is 7.05 Å². The molecule has 1 aromatic heterocycles. The van der Waals surface area contributed by atoms with Crippen LogP contribution in [0.1, 0.15) is 56.4 Å². The maximum atomic E-state index is 9.10. The van der Waals surface area contributed by atoms with Gasteiger partial charge in [0.15, 0.2) is 0 Å². The summed E-state index contributed by atoms with van der Waals surface area (Å²) in [6, 6.07) is 8.05. The summed E-state index contributed by atoms with van der Waals surface area (Å²) in [5, 5.41) is 9.10. The number of imidazole rings is 1. The van der Waals surface area contributed by atoms with Crippen molar-refractivity contribution in [3.63, 3.8) is 0 Å². The van der Waals surface area contributed by atoms with E-state index in [4.69, 9.17) is 10.2 Å². The lowest BCUT2D eigenvalue weighted by atomic mass is 9.94. The molecule has 3 nitrogen and oxygen atoms in total. The van der Waals surface area contributed by atoms with Crippen LogP contribution < -0.4 is 0 Å². The van der Waals surface area contributed by atoms with Crippen molar-refractivity contribution in [3.05, 3.63) is 39.6 Å². The smallest absolute Gasteiger partial charge is 0.141 e. The minimum atomic E-state index is 0.339. The molecule has 0 spiro atoms. The molecule has 0 atom stereocenters. The second-order valence-corrected chi connectivity index (χ2v) is 6.64. The zero-order valence-electron chi connectivity index (χ0n) is 13.1. The van der Waals surface area contributed by atoms with Gasteiger partial charge in [0.05, 0.1) is 17.3 Å². The van der Waals surface area contributed by atoms with Gasteiger partial charge in [-0.05, 0) is 51.5 Å². The molecular formula is C17H20BrN3. The van der Waals surface area contributed by atoms with E-state index in [0.29, 0.717) is 17.4 Å². The van der Waals surface area contributed by atoms with E-state index in [1.54, 1.807) is 0 Å². The molecule has 1 heterocycles. The minimum Gasteiger partial charge on any atom is -0.330 e. The fourth-order valence-corrected chi connectivity index (χ4v) is 3.55. The Hall–Kier alpha value is -1.60. The molecule has 0 aliphatic heterocycles. The Kier molecular flexibility index (Phi) is 4.53. The topological polar surface area (TPSA) is 41.6 Å². The predicted octanol–water partition coefficient (Wildman–Crippen LogP) is 4.97. The molecule has 4 heteroatoms. The van der Waals surface area contributed by atoms with E-state index >= 15 is 0 Å². The fourth-order valence-electron chi connectivity index (χ4n) is 2.66. The van der Waals surface area contributed by atoms with Gasteiger partial charge in [-0.3, -0.25) is 0 Å². The zero-order chi connectivity index (χ0) is 15.7. The van der Waals surface area contributed by atoms with E-state index in [1.165, 1.54) is 5.69 Å². The van der Waals surface area contributed by atoms with Crippen molar-refractivity contribution in [3.8, 4) is 17.5 Å². The molecular weight excluding hydrogens is 326 g/mol. The first-order valence-corrected chi connectivity index (χ1v) is 7.92. The molecule has 2 aromatic rings. The molecule has 0 unspecified atom stereocenters. The Morgan fingerprint density at radius 3 is 2.33 bits per heavy atom. The second-order valence-electron chi connectivity index (χ2n) is 5.89. The number of aromatic nitrogens is 2. The Morgan fingerprint density at radius 2 is 1.86 bits per heavy atom. The van der Waals surface area contributed by atoms with Gasteiger partial charge in [0, 0.05) is 12.6 Å². The van der Waals surface area contributed by atoms with Gasteiger partial charge in [0.25, 0.3) is 0 Å². The highest BCUT2D eigenvalue weighted by Gasteiger charge is 2.19. The largest absolute Gasteiger partial charge is 0.330 e. The fraction of sp³-hybridized carbons (Fsp3) is 0.412. The van der Waals surface area contributed by atoms with Crippen LogP contribution in [0.25, 0.3) is 11.4 Å². The average molecular weight is 346 g/mol. The number of rotatable bonds is 3. The number of hydrogen-bond donors (Lipinski definition) is 0. The van der Waals surface area contributed by atoms with Crippen LogP contribution in [0.2, 0.25) is 0 Å². The monoisotopic (exact) mass is 345 g/mol. The van der Waals surface area contributed by atoms with Crippen molar-refractivity contribution in [2.24, 2.45) is 7.05 Å². The highest BCUT2D eigenvalue weighted by molar-refractivity contribution is 9.10. The molecule has 0 saturated heterocycles. The van der Waals surface area contributed by atoms with Gasteiger partial charge in [0.1, 0.15) is 10.4 Å². The van der Waals surface area contributed by atoms with E-state index in [9.17, 15) is 0 Å². The molecule has 0 aliphatic rings. The molecule has 0 saturated carbocycles. The number of halogens is 1. The summed E-state index contributed by atoms with van der Waals surface area (Å²) in [7, 11) is 2.05. The highest BCUT2D eigenvalue weighted by atomic mass is 79.9. The third-order valence-electron chi connectivity index (χ3n) is 3.68. The molecule has 2 rings (SSSR count). The van der Waals surface area contributed by atoms with Crippen LogP contribution in [0.15, 0.2) is 22.8 Å². The van der Waals surface area contributed by atoms with Crippen molar-refractivity contribution < 1.29 is 0 Å². The number of benzene rings is 1. The minimum absolute atomic E-state index is 0.339. The van der Waals surface area contributed by atoms with E-state index < -0.39 is 0 Å². The second kappa shape index (κ2) is 6.03. The van der Waals surface area contributed by atoms with Crippen molar-refractivity contribution in [2.75, 3.05) is 0 Å². The van der Waals surface area contributed by atoms with E-state index in [0.717, 1.165) is 21.6 Å². The van der Waals surface area contributed by atoms with Gasteiger partial charge >= 0.3 is 0 Å². The SMILES string of the molecule is CC(C)c1cc(C#N)ccc1-c1nc(Br)c(C(C)C)n1C. The van der Waals surface area contributed by atoms with E-state index in [2.05, 4.69) is 54.3 Å². The van der Waals surface area contributed by atoms with Crippen LogP contribution in [-0.4, -0.2) is 9.55 Å². The van der Waals surface area contributed by atoms with Gasteiger partial charge < -0.3 is 4.57 Å². The average Bonchev–Trinajstić information content (AvgIpc) is 2.73. The lowest BCUT2D eigenvalue weighted by Crippen LogP contribution is -2.03. The van der Waals surface area contributed by atoms with Crippen LogP contribution >= 0.6 is 15.9 Å². The molecule has 0 aliphatic carbocycles. The van der Waals surface area contributed by atoms with Crippen LogP contribution in [0.3, 0.4) is 0 Å². The molecule has 0 radical (unpaired) electrons. The number of nitrogens with zero attached hydrogens (tertiary/aromatic N) is 3. The summed E-state index contributed by atoms with van der Waals surface area (Å²) >= 11 is 3.57. The molecule has 0 bridgehead atoms. The predicted molar refractivity (Wildman–Crippen MR) is 89.2 cm³/mol. The lowest BCUT2D eigenvalue weighted by Gasteiger charge is -2.14. The summed E-state index contributed by atoms with van der Waals surface area (Å²) in [6.07, 6.45) is 0. The number of nitriles is 1. The molecule has 110 valence electrons. The van der Waals surface area contributed by atoms with Crippen LogP contribution in [0.5, 0.6) is 0 Å². The van der Waals surface area contributed by atoms with E-state index in [-0.39, 0.29) is 0 Å². The molecule has 0 amide bonds. The Labute approximate surface area is 134 Å². The quantitative estimate of drug-likeness (QED) is 0.787. The summed E-state index contributed by atoms with van der Waals surface area (Å²) < 4.78 is 3.04. The standard InChI is InChI=1S/C17H20BrN3/c1-10(2)14-8-12(9-19)6-7-13(14)17-20-16(18)15(11(3)4)21(17)5/h6-8,10-11H,1-5H3. The van der Waals surface area contributed by atoms with Gasteiger partial charge in [-0.2, -0.15) is 5.26 Å². The van der Waals surface area contributed by atoms with Crippen molar-refractivity contribution >= 4 is 15.9 Å². The van der Waals surface area contributed by atoms with Crippen LogP contribution in [0.4, 0.5) is 0 Å². The zero-order valence-corrected chi connectivity index (χ0v) is 14.7. The van der Waals surface area contributed by atoms with Gasteiger partial charge in [-0.1, -0.05) is 27.7 Å². The summed E-state index contributed by atoms with van der Waals surface area (Å²) in [5.41, 5.74) is 4.13. The first-order chi connectivity index (χ1) is 9.86. The molecule has 21 heavy (non-hydrogen) atoms. The normalized spacial score (nSPS) is 11.2. The Balaban J connectivity index is 2.68. The first kappa shape index (κ1) is 15.8. The molecule has 0 fully saturated rings. The maximum Gasteiger partial charge on any atom is 0.141 e. The van der Waals surface area contributed by atoms with Crippen molar-refractivity contribution in [1.29, 1.82) is 5.26 Å². The Morgan fingerprint density at radius 1 is 1.19 bits per heavy atom. The molecule has 0 N–H and O–H groups in total.